The SMILES string of the molecule is COc1ccc(-c2c(C)nn3c(NCc4sc(C)nc4C)cc(N4CCN(C(C)=O)CC4)nc23)cc1S(C)(=O)=O. The fourth-order valence-corrected chi connectivity index (χ4v) is 6.75. The minimum Gasteiger partial charge on any atom is -0.495 e. The first-order chi connectivity index (χ1) is 19.0. The Hall–Kier alpha value is -3.71. The van der Waals surface area contributed by atoms with Gasteiger partial charge >= 0.3 is 0 Å². The van der Waals surface area contributed by atoms with Crippen molar-refractivity contribution in [3.05, 3.63) is 45.5 Å². The lowest BCUT2D eigenvalue weighted by atomic mass is 10.1. The number of rotatable bonds is 7. The lowest BCUT2D eigenvalue weighted by molar-refractivity contribution is -0.129. The standard InChI is InChI=1S/C27H33N7O4S2/c1-16-22(39-18(3)29-16)15-28-24-14-25(33-11-9-32(10-12-33)19(4)35)30-27-26(17(2)31-34(24)27)20-7-8-21(38-5)23(13-20)40(6,36)37/h7-8,13-14,28H,9-12,15H2,1-6H3. The zero-order valence-corrected chi connectivity index (χ0v) is 25.1. The van der Waals surface area contributed by atoms with Crippen molar-refractivity contribution in [2.24, 2.45) is 0 Å². The maximum Gasteiger partial charge on any atom is 0.219 e. The van der Waals surface area contributed by atoms with Crippen molar-refractivity contribution in [1.29, 1.82) is 0 Å². The third kappa shape index (κ3) is 5.35. The normalized spacial score (nSPS) is 14.2. The summed E-state index contributed by atoms with van der Waals surface area (Å²) < 4.78 is 32.2. The van der Waals surface area contributed by atoms with E-state index in [4.69, 9.17) is 14.8 Å². The van der Waals surface area contributed by atoms with Gasteiger partial charge in [0.25, 0.3) is 0 Å². The first kappa shape index (κ1) is 27.8. The van der Waals surface area contributed by atoms with Crippen LogP contribution in [0.3, 0.4) is 0 Å². The van der Waals surface area contributed by atoms with Gasteiger partial charge in [-0.3, -0.25) is 4.79 Å². The number of thiazole rings is 1. The van der Waals surface area contributed by atoms with Gasteiger partial charge in [0, 0.05) is 55.9 Å². The first-order valence-corrected chi connectivity index (χ1v) is 15.6. The van der Waals surface area contributed by atoms with Crippen molar-refractivity contribution < 1.29 is 17.9 Å². The van der Waals surface area contributed by atoms with Gasteiger partial charge in [-0.25, -0.2) is 18.4 Å². The molecule has 1 amide bonds. The van der Waals surface area contributed by atoms with Crippen LogP contribution in [0.4, 0.5) is 11.6 Å². The highest BCUT2D eigenvalue weighted by molar-refractivity contribution is 7.90. The van der Waals surface area contributed by atoms with Crippen molar-refractivity contribution in [2.45, 2.75) is 39.1 Å². The Labute approximate surface area is 237 Å². The lowest BCUT2D eigenvalue weighted by Crippen LogP contribution is -2.48. The van der Waals surface area contributed by atoms with Crippen molar-refractivity contribution in [2.75, 3.05) is 49.8 Å². The Morgan fingerprint density at radius 3 is 2.40 bits per heavy atom. The number of methoxy groups -OCH3 is 1. The Morgan fingerprint density at radius 2 is 1.80 bits per heavy atom. The second-order valence-electron chi connectivity index (χ2n) is 9.92. The molecule has 0 saturated carbocycles. The van der Waals surface area contributed by atoms with Crippen LogP contribution in [0.15, 0.2) is 29.2 Å². The molecule has 0 unspecified atom stereocenters. The maximum atomic E-state index is 12.6. The van der Waals surface area contributed by atoms with Gasteiger partial charge in [0.15, 0.2) is 15.5 Å². The van der Waals surface area contributed by atoms with E-state index in [2.05, 4.69) is 15.2 Å². The van der Waals surface area contributed by atoms with Crippen LogP contribution >= 0.6 is 11.3 Å². The number of hydrogen-bond acceptors (Lipinski definition) is 10. The number of hydrogen-bond donors (Lipinski definition) is 1. The summed E-state index contributed by atoms with van der Waals surface area (Å²) in [5, 5.41) is 9.36. The third-order valence-electron chi connectivity index (χ3n) is 7.08. The van der Waals surface area contributed by atoms with E-state index in [1.165, 1.54) is 13.4 Å². The van der Waals surface area contributed by atoms with Crippen LogP contribution in [-0.4, -0.2) is 78.4 Å². The fourth-order valence-electron chi connectivity index (χ4n) is 5.02. The minimum absolute atomic E-state index is 0.0653. The van der Waals surface area contributed by atoms with E-state index in [1.54, 1.807) is 34.9 Å². The average Bonchev–Trinajstić information content (AvgIpc) is 3.42. The summed E-state index contributed by atoms with van der Waals surface area (Å²) in [6, 6.07) is 7.09. The van der Waals surface area contributed by atoms with Crippen LogP contribution in [0, 0.1) is 20.8 Å². The molecule has 1 saturated heterocycles. The molecule has 1 N–H and O–H groups in total. The van der Waals surface area contributed by atoms with E-state index in [-0.39, 0.29) is 16.6 Å². The third-order valence-corrected chi connectivity index (χ3v) is 9.27. The molecule has 11 nitrogen and oxygen atoms in total. The van der Waals surface area contributed by atoms with Crippen molar-refractivity contribution in [1.82, 2.24) is 24.5 Å². The van der Waals surface area contributed by atoms with Crippen LogP contribution in [0.2, 0.25) is 0 Å². The number of piperazine rings is 1. The van der Waals surface area contributed by atoms with Gasteiger partial charge in [0.2, 0.25) is 5.91 Å². The highest BCUT2D eigenvalue weighted by atomic mass is 32.2. The van der Waals surface area contributed by atoms with Gasteiger partial charge in [0.05, 0.1) is 30.1 Å². The van der Waals surface area contributed by atoms with E-state index in [9.17, 15) is 13.2 Å². The Bertz CT molecular complexity index is 1700. The molecule has 4 heterocycles. The summed E-state index contributed by atoms with van der Waals surface area (Å²) in [6.45, 7) is 10.6. The molecule has 1 fully saturated rings. The van der Waals surface area contributed by atoms with Gasteiger partial charge in [-0.2, -0.15) is 9.61 Å². The van der Waals surface area contributed by atoms with Gasteiger partial charge in [0.1, 0.15) is 22.3 Å². The van der Waals surface area contributed by atoms with Crippen LogP contribution in [0.5, 0.6) is 5.75 Å². The van der Waals surface area contributed by atoms with Gasteiger partial charge < -0.3 is 19.9 Å². The van der Waals surface area contributed by atoms with Crippen LogP contribution in [0.25, 0.3) is 16.8 Å². The Balaban J connectivity index is 1.63. The molecule has 13 heteroatoms. The Kier molecular flexibility index (Phi) is 7.44. The topological polar surface area (TPSA) is 122 Å². The first-order valence-electron chi connectivity index (χ1n) is 12.9. The van der Waals surface area contributed by atoms with Crippen molar-refractivity contribution >= 4 is 44.4 Å². The molecule has 3 aromatic heterocycles. The number of carbonyl (C=O) groups is 1. The predicted octanol–water partition coefficient (Wildman–Crippen LogP) is 3.47. The minimum atomic E-state index is -3.54. The van der Waals surface area contributed by atoms with E-state index >= 15 is 0 Å². The van der Waals surface area contributed by atoms with Crippen molar-refractivity contribution in [3.8, 4) is 16.9 Å². The number of sulfone groups is 1. The highest BCUT2D eigenvalue weighted by Crippen LogP contribution is 2.35. The summed E-state index contributed by atoms with van der Waals surface area (Å²) in [4.78, 5) is 26.7. The summed E-state index contributed by atoms with van der Waals surface area (Å²) in [5.74, 6) is 1.87. The number of benzene rings is 1. The molecule has 0 atom stereocenters. The molecule has 0 radical (unpaired) electrons. The number of ether oxygens (including phenoxy) is 1. The fraction of sp³-hybridized carbons (Fsp3) is 0.407. The monoisotopic (exact) mass is 583 g/mol. The molecule has 4 aromatic rings. The molecule has 212 valence electrons. The molecule has 1 aliphatic rings. The van der Waals surface area contributed by atoms with Crippen LogP contribution < -0.4 is 15.0 Å². The molecule has 1 aliphatic heterocycles. The second kappa shape index (κ2) is 10.7. The van der Waals surface area contributed by atoms with Gasteiger partial charge in [-0.05, 0) is 38.5 Å². The van der Waals surface area contributed by atoms with Gasteiger partial charge in [-0.1, -0.05) is 6.07 Å². The highest BCUT2D eigenvalue weighted by Gasteiger charge is 2.24. The Morgan fingerprint density at radius 1 is 1.07 bits per heavy atom. The number of aryl methyl sites for hydroxylation is 3. The molecular weight excluding hydrogens is 550 g/mol. The lowest BCUT2D eigenvalue weighted by Gasteiger charge is -2.35. The number of fused-ring (bicyclic) bond motifs is 1. The number of amides is 1. The number of aromatic nitrogens is 4. The summed E-state index contributed by atoms with van der Waals surface area (Å²) in [6.07, 6.45) is 1.17. The average molecular weight is 584 g/mol. The zero-order chi connectivity index (χ0) is 28.8. The van der Waals surface area contributed by atoms with E-state index < -0.39 is 9.84 Å². The smallest absolute Gasteiger partial charge is 0.219 e. The second-order valence-corrected chi connectivity index (χ2v) is 13.2. The van der Waals surface area contributed by atoms with Gasteiger partial charge in [-0.15, -0.1) is 11.3 Å². The number of carbonyl (C=O) groups excluding carboxylic acids is 1. The van der Waals surface area contributed by atoms with E-state index in [1.807, 2.05) is 37.8 Å². The molecular formula is C27H33N7O4S2. The molecule has 40 heavy (non-hydrogen) atoms. The number of anilines is 2. The largest absolute Gasteiger partial charge is 0.495 e. The van der Waals surface area contributed by atoms with E-state index in [0.29, 0.717) is 49.6 Å². The quantitative estimate of drug-likeness (QED) is 0.348. The summed E-state index contributed by atoms with van der Waals surface area (Å²) in [5.41, 5.74) is 3.73. The molecule has 5 rings (SSSR count). The summed E-state index contributed by atoms with van der Waals surface area (Å²) >= 11 is 1.65. The number of nitrogens with one attached hydrogen (secondary N) is 1. The molecule has 0 aliphatic carbocycles. The van der Waals surface area contributed by atoms with Crippen molar-refractivity contribution in [3.63, 3.8) is 0 Å². The van der Waals surface area contributed by atoms with Crippen LogP contribution in [0.1, 0.15) is 28.2 Å². The van der Waals surface area contributed by atoms with Crippen LogP contribution in [-0.2, 0) is 21.2 Å². The maximum absolute atomic E-state index is 12.6. The molecule has 0 spiro atoms. The number of nitrogens with zero attached hydrogens (tertiary/aromatic N) is 6. The molecule has 1 aromatic carbocycles. The van der Waals surface area contributed by atoms with E-state index in [0.717, 1.165) is 32.8 Å². The molecule has 0 bridgehead atoms. The zero-order valence-electron chi connectivity index (χ0n) is 23.5. The predicted molar refractivity (Wildman–Crippen MR) is 156 cm³/mol. The summed E-state index contributed by atoms with van der Waals surface area (Å²) in [7, 11) is -2.09.